The van der Waals surface area contributed by atoms with E-state index in [-0.39, 0.29) is 17.2 Å². The number of nitrogen functional groups attached to an aromatic ring is 1. The van der Waals surface area contributed by atoms with Crippen molar-refractivity contribution < 1.29 is 0 Å². The van der Waals surface area contributed by atoms with Gasteiger partial charge in [-0.25, -0.2) is 15.0 Å². The van der Waals surface area contributed by atoms with Crippen LogP contribution in [-0.2, 0) is 0 Å². The summed E-state index contributed by atoms with van der Waals surface area (Å²) in [5.74, 6) is 0.341. The molecule has 0 unspecified atom stereocenters. The van der Waals surface area contributed by atoms with E-state index in [0.29, 0.717) is 15.7 Å². The Kier molecular flexibility index (Phi) is 3.09. The number of aromatic nitrogens is 3. The maximum Gasteiger partial charge on any atom is 0.181 e. The topological polar surface area (TPSA) is 88.5 Å². The Morgan fingerprint density at radius 3 is 2.59 bits per heavy atom. The molecule has 17 heavy (non-hydrogen) atoms. The van der Waals surface area contributed by atoms with Gasteiger partial charge in [-0.15, -0.1) is 0 Å². The lowest BCUT2D eigenvalue weighted by atomic mass is 10.3. The second-order valence-corrected chi connectivity index (χ2v) is 3.93. The number of halogens is 2. The second-order valence-electron chi connectivity index (χ2n) is 3.09. The Balaban J connectivity index is 2.54. The molecule has 7 heteroatoms. The van der Waals surface area contributed by atoms with E-state index >= 15 is 0 Å². The number of pyridine rings is 1. The maximum absolute atomic E-state index is 8.70. The predicted octanol–water partition coefficient (Wildman–Crippen LogP) is 2.30. The minimum atomic E-state index is 0.0883. The summed E-state index contributed by atoms with van der Waals surface area (Å²) in [5, 5.41) is 9.44. The van der Waals surface area contributed by atoms with E-state index in [4.69, 9.17) is 34.2 Å². The summed E-state index contributed by atoms with van der Waals surface area (Å²) in [6, 6.07) is 3.40. The van der Waals surface area contributed by atoms with Gasteiger partial charge in [0.1, 0.15) is 23.1 Å². The maximum atomic E-state index is 8.70. The Morgan fingerprint density at radius 2 is 2.00 bits per heavy atom. The molecule has 2 aromatic heterocycles. The number of nitriles is 1. The fourth-order valence-corrected chi connectivity index (χ4v) is 1.64. The Hall–Kier alpha value is -1.90. The van der Waals surface area contributed by atoms with Crippen molar-refractivity contribution in [2.45, 2.75) is 0 Å². The van der Waals surface area contributed by atoms with Gasteiger partial charge in [0.2, 0.25) is 0 Å². The van der Waals surface area contributed by atoms with E-state index in [2.05, 4.69) is 15.0 Å². The molecule has 0 fully saturated rings. The average Bonchev–Trinajstić information content (AvgIpc) is 2.29. The molecule has 84 valence electrons. The third-order valence-electron chi connectivity index (χ3n) is 1.96. The zero-order valence-electron chi connectivity index (χ0n) is 8.35. The van der Waals surface area contributed by atoms with E-state index < -0.39 is 0 Å². The molecule has 0 aromatic carbocycles. The molecule has 0 radical (unpaired) electrons. The molecule has 2 rings (SSSR count). The molecule has 2 aromatic rings. The van der Waals surface area contributed by atoms with E-state index in [1.807, 2.05) is 6.07 Å². The van der Waals surface area contributed by atoms with Crippen LogP contribution in [0.5, 0.6) is 0 Å². The molecule has 0 saturated carbocycles. The van der Waals surface area contributed by atoms with Gasteiger partial charge in [0.25, 0.3) is 0 Å². The van der Waals surface area contributed by atoms with E-state index in [1.165, 1.54) is 18.5 Å². The van der Waals surface area contributed by atoms with Gasteiger partial charge in [0.05, 0.1) is 16.2 Å². The van der Waals surface area contributed by atoms with Crippen molar-refractivity contribution >= 4 is 29.0 Å². The minimum absolute atomic E-state index is 0.0883. The molecule has 0 spiro atoms. The first-order valence-electron chi connectivity index (χ1n) is 4.46. The highest BCUT2D eigenvalue weighted by Gasteiger charge is 2.11. The van der Waals surface area contributed by atoms with Crippen LogP contribution in [0.3, 0.4) is 0 Å². The summed E-state index contributed by atoms with van der Waals surface area (Å²) in [5.41, 5.74) is 6.15. The van der Waals surface area contributed by atoms with Crippen molar-refractivity contribution in [3.63, 3.8) is 0 Å². The molecule has 5 nitrogen and oxygen atoms in total. The zero-order chi connectivity index (χ0) is 12.4. The summed E-state index contributed by atoms with van der Waals surface area (Å²) < 4.78 is 0. The van der Waals surface area contributed by atoms with Gasteiger partial charge in [0.15, 0.2) is 5.82 Å². The molecular formula is C10H5Cl2N5. The van der Waals surface area contributed by atoms with Crippen LogP contribution in [-0.4, -0.2) is 15.0 Å². The molecule has 0 saturated heterocycles. The lowest BCUT2D eigenvalue weighted by Gasteiger charge is -2.03. The predicted molar refractivity (Wildman–Crippen MR) is 64.4 cm³/mol. The van der Waals surface area contributed by atoms with Gasteiger partial charge in [-0.1, -0.05) is 23.2 Å². The van der Waals surface area contributed by atoms with Crippen LogP contribution < -0.4 is 5.73 Å². The highest BCUT2D eigenvalue weighted by Crippen LogP contribution is 2.26. The molecular weight excluding hydrogens is 261 g/mol. The van der Waals surface area contributed by atoms with Crippen molar-refractivity contribution in [2.24, 2.45) is 0 Å². The highest BCUT2D eigenvalue weighted by atomic mass is 35.5. The smallest absolute Gasteiger partial charge is 0.181 e. The molecule has 0 amide bonds. The minimum Gasteiger partial charge on any atom is -0.382 e. The SMILES string of the molecule is N#Cc1cnc(-c2ncc(Cl)cc2Cl)nc1N. The zero-order valence-corrected chi connectivity index (χ0v) is 9.87. The quantitative estimate of drug-likeness (QED) is 0.855. The molecule has 0 bridgehead atoms. The highest BCUT2D eigenvalue weighted by molar-refractivity contribution is 6.35. The van der Waals surface area contributed by atoms with Crippen molar-refractivity contribution in [1.29, 1.82) is 5.26 Å². The van der Waals surface area contributed by atoms with Crippen molar-refractivity contribution in [1.82, 2.24) is 15.0 Å². The molecule has 0 aliphatic rings. The second kappa shape index (κ2) is 4.53. The van der Waals surface area contributed by atoms with Crippen LogP contribution in [0.25, 0.3) is 11.5 Å². The normalized spacial score (nSPS) is 9.94. The van der Waals surface area contributed by atoms with Gasteiger partial charge in [-0.3, -0.25) is 0 Å². The van der Waals surface area contributed by atoms with Gasteiger partial charge < -0.3 is 5.73 Å². The van der Waals surface area contributed by atoms with E-state index in [1.54, 1.807) is 0 Å². The standard InChI is InChI=1S/C10H5Cl2N5/c11-6-1-7(12)8(15-4-6)10-16-3-5(2-13)9(14)17-10/h1,3-4H,(H2,14,16,17). The van der Waals surface area contributed by atoms with Gasteiger partial charge >= 0.3 is 0 Å². The van der Waals surface area contributed by atoms with Crippen LogP contribution in [0.15, 0.2) is 18.5 Å². The van der Waals surface area contributed by atoms with Crippen LogP contribution >= 0.6 is 23.2 Å². The van der Waals surface area contributed by atoms with Crippen LogP contribution in [0, 0.1) is 11.3 Å². The van der Waals surface area contributed by atoms with Crippen LogP contribution in [0.4, 0.5) is 5.82 Å². The Bertz CT molecular complexity index is 621. The number of hydrogen-bond donors (Lipinski definition) is 1. The number of anilines is 1. The first-order valence-corrected chi connectivity index (χ1v) is 5.21. The molecule has 2 N–H and O–H groups in total. The summed E-state index contributed by atoms with van der Waals surface area (Å²) in [6.07, 6.45) is 2.75. The third kappa shape index (κ3) is 2.28. The number of hydrogen-bond acceptors (Lipinski definition) is 5. The fourth-order valence-electron chi connectivity index (χ4n) is 1.17. The van der Waals surface area contributed by atoms with Crippen LogP contribution in [0.2, 0.25) is 10.0 Å². The molecule has 0 aliphatic heterocycles. The first-order chi connectivity index (χ1) is 8.11. The monoisotopic (exact) mass is 265 g/mol. The number of nitrogens with zero attached hydrogens (tertiary/aromatic N) is 4. The van der Waals surface area contributed by atoms with Crippen molar-refractivity contribution in [2.75, 3.05) is 5.73 Å². The van der Waals surface area contributed by atoms with Gasteiger partial charge in [-0.05, 0) is 6.07 Å². The van der Waals surface area contributed by atoms with E-state index in [0.717, 1.165) is 0 Å². The summed E-state index contributed by atoms with van der Waals surface area (Å²) in [7, 11) is 0. The van der Waals surface area contributed by atoms with Gasteiger partial charge in [-0.2, -0.15) is 5.26 Å². The summed E-state index contributed by atoms with van der Waals surface area (Å²) >= 11 is 11.7. The largest absolute Gasteiger partial charge is 0.382 e. The average molecular weight is 266 g/mol. The van der Waals surface area contributed by atoms with Crippen molar-refractivity contribution in [3.8, 4) is 17.6 Å². The molecule has 0 atom stereocenters. The lowest BCUT2D eigenvalue weighted by molar-refractivity contribution is 1.14. The first kappa shape index (κ1) is 11.6. The van der Waals surface area contributed by atoms with E-state index in [9.17, 15) is 0 Å². The Morgan fingerprint density at radius 1 is 1.24 bits per heavy atom. The summed E-state index contributed by atoms with van der Waals surface area (Å²) in [6.45, 7) is 0. The van der Waals surface area contributed by atoms with Crippen molar-refractivity contribution in [3.05, 3.63) is 34.1 Å². The number of rotatable bonds is 1. The van der Waals surface area contributed by atoms with Crippen LogP contribution in [0.1, 0.15) is 5.56 Å². The third-order valence-corrected chi connectivity index (χ3v) is 2.45. The summed E-state index contributed by atoms with van der Waals surface area (Å²) in [4.78, 5) is 11.9. The number of nitrogens with two attached hydrogens (primary N) is 1. The molecule has 2 heterocycles. The fraction of sp³-hybridized carbons (Fsp3) is 0. The lowest BCUT2D eigenvalue weighted by Crippen LogP contribution is -2.00. The van der Waals surface area contributed by atoms with Gasteiger partial charge in [0, 0.05) is 6.20 Å². The molecule has 0 aliphatic carbocycles. The Labute approximate surface area is 107 Å².